The van der Waals surface area contributed by atoms with Crippen LogP contribution in [0.25, 0.3) is 0 Å². The van der Waals surface area contributed by atoms with Gasteiger partial charge in [0.2, 0.25) is 0 Å². The van der Waals surface area contributed by atoms with E-state index in [1.807, 2.05) is 0 Å². The Hall–Kier alpha value is -2.18. The Morgan fingerprint density at radius 2 is 1.85 bits per heavy atom. The minimum absolute atomic E-state index is 0.0467. The standard InChI is InChI=1S/C13H16F2N2O3/c1-7(2)17(3)12(18)6-20-13(19)8-4-9(14)10(15)5-11(8)16/h4-5,7H,6,16H2,1-3H3. The fourth-order valence-corrected chi connectivity index (χ4v) is 1.33. The number of esters is 1. The van der Waals surface area contributed by atoms with Crippen molar-refractivity contribution in [2.75, 3.05) is 19.4 Å². The largest absolute Gasteiger partial charge is 0.452 e. The molecule has 0 saturated carbocycles. The molecule has 0 unspecified atom stereocenters. The van der Waals surface area contributed by atoms with Gasteiger partial charge in [0.05, 0.1) is 5.56 Å². The molecule has 110 valence electrons. The molecule has 0 aliphatic heterocycles. The molecule has 0 heterocycles. The Labute approximate surface area is 115 Å². The van der Waals surface area contributed by atoms with Crippen molar-refractivity contribution in [3.63, 3.8) is 0 Å². The van der Waals surface area contributed by atoms with E-state index in [9.17, 15) is 18.4 Å². The smallest absolute Gasteiger partial charge is 0.340 e. The van der Waals surface area contributed by atoms with Crippen molar-refractivity contribution in [3.05, 3.63) is 29.3 Å². The quantitative estimate of drug-likeness (QED) is 0.673. The molecule has 0 aliphatic rings. The van der Waals surface area contributed by atoms with Crippen molar-refractivity contribution in [2.24, 2.45) is 0 Å². The van der Waals surface area contributed by atoms with E-state index in [4.69, 9.17) is 10.5 Å². The van der Waals surface area contributed by atoms with Crippen molar-refractivity contribution < 1.29 is 23.1 Å². The zero-order chi connectivity index (χ0) is 15.4. The number of rotatable bonds is 4. The van der Waals surface area contributed by atoms with E-state index in [0.29, 0.717) is 12.1 Å². The maximum atomic E-state index is 13.0. The lowest BCUT2D eigenvalue weighted by atomic mass is 10.1. The van der Waals surface area contributed by atoms with Crippen LogP contribution in [0.2, 0.25) is 0 Å². The minimum Gasteiger partial charge on any atom is -0.452 e. The number of nitrogens with two attached hydrogens (primary N) is 1. The number of halogens is 2. The monoisotopic (exact) mass is 286 g/mol. The summed E-state index contributed by atoms with van der Waals surface area (Å²) in [7, 11) is 1.56. The van der Waals surface area contributed by atoms with Crippen molar-refractivity contribution in [3.8, 4) is 0 Å². The highest BCUT2D eigenvalue weighted by molar-refractivity contribution is 5.96. The summed E-state index contributed by atoms with van der Waals surface area (Å²) in [5.41, 5.74) is 4.84. The first kappa shape index (κ1) is 15.9. The Balaban J connectivity index is 2.73. The summed E-state index contributed by atoms with van der Waals surface area (Å²) in [6.45, 7) is 3.10. The predicted molar refractivity (Wildman–Crippen MR) is 69.0 cm³/mol. The molecule has 0 atom stereocenters. The minimum atomic E-state index is -1.21. The number of amides is 1. The van der Waals surface area contributed by atoms with Crippen LogP contribution in [-0.2, 0) is 9.53 Å². The van der Waals surface area contributed by atoms with Gasteiger partial charge in [-0.15, -0.1) is 0 Å². The summed E-state index contributed by atoms with van der Waals surface area (Å²) in [6, 6.07) is 1.28. The van der Waals surface area contributed by atoms with Gasteiger partial charge < -0.3 is 15.4 Å². The summed E-state index contributed by atoms with van der Waals surface area (Å²) < 4.78 is 30.6. The van der Waals surface area contributed by atoms with Crippen LogP contribution in [0.3, 0.4) is 0 Å². The number of hydrogen-bond acceptors (Lipinski definition) is 4. The number of hydrogen-bond donors (Lipinski definition) is 1. The number of likely N-dealkylation sites (N-methyl/N-ethyl adjacent to an activating group) is 1. The SMILES string of the molecule is CC(C)N(C)C(=O)COC(=O)c1cc(F)c(F)cc1N. The molecule has 7 heteroatoms. The highest BCUT2D eigenvalue weighted by Crippen LogP contribution is 2.18. The van der Waals surface area contributed by atoms with Gasteiger partial charge in [-0.3, -0.25) is 4.79 Å². The van der Waals surface area contributed by atoms with Crippen molar-refractivity contribution in [2.45, 2.75) is 19.9 Å². The second kappa shape index (κ2) is 6.31. The fraction of sp³-hybridized carbons (Fsp3) is 0.385. The van der Waals surface area contributed by atoms with Gasteiger partial charge in [-0.1, -0.05) is 0 Å². The van der Waals surface area contributed by atoms with Crippen LogP contribution < -0.4 is 5.73 Å². The molecule has 1 rings (SSSR count). The molecule has 0 aromatic heterocycles. The van der Waals surface area contributed by atoms with E-state index >= 15 is 0 Å². The maximum Gasteiger partial charge on any atom is 0.340 e. The van der Waals surface area contributed by atoms with E-state index in [1.165, 1.54) is 4.90 Å². The van der Waals surface area contributed by atoms with Gasteiger partial charge in [-0.05, 0) is 19.9 Å². The molecule has 0 aliphatic carbocycles. The van der Waals surface area contributed by atoms with Crippen LogP contribution in [0.1, 0.15) is 24.2 Å². The zero-order valence-corrected chi connectivity index (χ0v) is 11.4. The molecular weight excluding hydrogens is 270 g/mol. The van der Waals surface area contributed by atoms with Crippen molar-refractivity contribution >= 4 is 17.6 Å². The van der Waals surface area contributed by atoms with Crippen LogP contribution >= 0.6 is 0 Å². The second-order valence-electron chi connectivity index (χ2n) is 4.53. The van der Waals surface area contributed by atoms with Gasteiger partial charge in [0, 0.05) is 24.8 Å². The lowest BCUT2D eigenvalue weighted by Crippen LogP contribution is -2.36. The summed E-state index contributed by atoms with van der Waals surface area (Å²) >= 11 is 0. The van der Waals surface area contributed by atoms with Gasteiger partial charge in [0.1, 0.15) is 0 Å². The van der Waals surface area contributed by atoms with Crippen molar-refractivity contribution in [1.29, 1.82) is 0 Å². The summed E-state index contributed by atoms with van der Waals surface area (Å²) in [5.74, 6) is -3.76. The fourth-order valence-electron chi connectivity index (χ4n) is 1.33. The van der Waals surface area contributed by atoms with E-state index in [1.54, 1.807) is 20.9 Å². The molecular formula is C13H16F2N2O3. The third-order valence-corrected chi connectivity index (χ3v) is 2.81. The van der Waals surface area contributed by atoms with Gasteiger partial charge in [0.15, 0.2) is 18.2 Å². The summed E-state index contributed by atoms with van der Waals surface area (Å²) in [6.07, 6.45) is 0. The van der Waals surface area contributed by atoms with Crippen LogP contribution in [0.15, 0.2) is 12.1 Å². The number of nitrogen functional groups attached to an aromatic ring is 1. The Morgan fingerprint density at radius 1 is 1.30 bits per heavy atom. The second-order valence-corrected chi connectivity index (χ2v) is 4.53. The number of nitrogens with zero attached hydrogens (tertiary/aromatic N) is 1. The average Bonchev–Trinajstić information content (AvgIpc) is 2.38. The molecule has 1 amide bonds. The van der Waals surface area contributed by atoms with E-state index in [-0.39, 0.29) is 17.3 Å². The number of carbonyl (C=O) groups is 2. The highest BCUT2D eigenvalue weighted by Gasteiger charge is 2.18. The lowest BCUT2D eigenvalue weighted by Gasteiger charge is -2.21. The van der Waals surface area contributed by atoms with Gasteiger partial charge >= 0.3 is 5.97 Å². The Kier molecular flexibility index (Phi) is 5.01. The van der Waals surface area contributed by atoms with Crippen molar-refractivity contribution in [1.82, 2.24) is 4.90 Å². The molecule has 0 fully saturated rings. The predicted octanol–water partition coefficient (Wildman–Crippen LogP) is 1.57. The number of carbonyl (C=O) groups excluding carboxylic acids is 2. The van der Waals surface area contributed by atoms with Crippen LogP contribution in [-0.4, -0.2) is 36.5 Å². The topological polar surface area (TPSA) is 72.6 Å². The summed E-state index contributed by atoms with van der Waals surface area (Å²) in [5, 5.41) is 0. The van der Waals surface area contributed by atoms with Crippen LogP contribution in [0.5, 0.6) is 0 Å². The molecule has 2 N–H and O–H groups in total. The third-order valence-electron chi connectivity index (χ3n) is 2.81. The van der Waals surface area contributed by atoms with Crippen LogP contribution in [0, 0.1) is 11.6 Å². The first-order chi connectivity index (χ1) is 9.23. The van der Waals surface area contributed by atoms with E-state index in [2.05, 4.69) is 0 Å². The Morgan fingerprint density at radius 3 is 2.40 bits per heavy atom. The average molecular weight is 286 g/mol. The molecule has 1 aromatic rings. The molecule has 0 saturated heterocycles. The van der Waals surface area contributed by atoms with Crippen LogP contribution in [0.4, 0.5) is 14.5 Å². The number of benzene rings is 1. The van der Waals surface area contributed by atoms with Gasteiger partial charge in [-0.25, -0.2) is 13.6 Å². The van der Waals surface area contributed by atoms with E-state index in [0.717, 1.165) is 0 Å². The van der Waals surface area contributed by atoms with Gasteiger partial charge in [0.25, 0.3) is 5.91 Å². The number of anilines is 1. The summed E-state index contributed by atoms with van der Waals surface area (Å²) in [4.78, 5) is 24.7. The maximum absolute atomic E-state index is 13.0. The number of ether oxygens (including phenoxy) is 1. The molecule has 5 nitrogen and oxygen atoms in total. The Bertz CT molecular complexity index is 533. The normalized spacial score (nSPS) is 10.5. The van der Waals surface area contributed by atoms with E-state index < -0.39 is 30.1 Å². The third kappa shape index (κ3) is 3.66. The molecule has 0 spiro atoms. The first-order valence-corrected chi connectivity index (χ1v) is 5.91. The van der Waals surface area contributed by atoms with Gasteiger partial charge in [-0.2, -0.15) is 0 Å². The lowest BCUT2D eigenvalue weighted by molar-refractivity contribution is -0.134. The first-order valence-electron chi connectivity index (χ1n) is 5.91. The highest BCUT2D eigenvalue weighted by atomic mass is 19.2. The molecule has 20 heavy (non-hydrogen) atoms. The molecule has 0 radical (unpaired) electrons. The molecule has 0 bridgehead atoms. The zero-order valence-electron chi connectivity index (χ0n) is 11.4. The molecule has 1 aromatic carbocycles.